The zero-order valence-electron chi connectivity index (χ0n) is 16.9. The summed E-state index contributed by atoms with van der Waals surface area (Å²) in [5.74, 6) is 1.66. The Hall–Kier alpha value is -2.53. The highest BCUT2D eigenvalue weighted by molar-refractivity contribution is 5.93. The fraction of sp³-hybridized carbons (Fsp3) is 0.435. The van der Waals surface area contributed by atoms with Crippen molar-refractivity contribution in [1.82, 2.24) is 4.90 Å². The van der Waals surface area contributed by atoms with Crippen molar-refractivity contribution < 1.29 is 14.3 Å². The average Bonchev–Trinajstić information content (AvgIpc) is 3.12. The highest BCUT2D eigenvalue weighted by Gasteiger charge is 2.29. The van der Waals surface area contributed by atoms with Crippen LogP contribution in [0.5, 0.6) is 11.5 Å². The SMILES string of the molecule is Cc1cc(C)c(NC(=O)CN2CCC[C@@H]2c2ccc3c(c2)OCCO3)c(C)c1. The van der Waals surface area contributed by atoms with Gasteiger partial charge in [-0.15, -0.1) is 0 Å². The first-order chi connectivity index (χ1) is 13.5. The van der Waals surface area contributed by atoms with Crippen molar-refractivity contribution in [1.29, 1.82) is 0 Å². The quantitative estimate of drug-likeness (QED) is 0.865. The lowest BCUT2D eigenvalue weighted by atomic mass is 10.0. The first-order valence-electron chi connectivity index (χ1n) is 10.0. The number of ether oxygens (including phenoxy) is 2. The molecule has 2 aromatic rings. The molecule has 1 fully saturated rings. The summed E-state index contributed by atoms with van der Waals surface area (Å²) in [5, 5.41) is 3.13. The first kappa shape index (κ1) is 18.8. The van der Waals surface area contributed by atoms with Crippen molar-refractivity contribution in [3.05, 3.63) is 52.6 Å². The van der Waals surface area contributed by atoms with Gasteiger partial charge in [0, 0.05) is 11.7 Å². The van der Waals surface area contributed by atoms with E-state index in [1.54, 1.807) is 0 Å². The van der Waals surface area contributed by atoms with Crippen LogP contribution in [0.25, 0.3) is 0 Å². The molecule has 0 saturated carbocycles. The zero-order chi connectivity index (χ0) is 19.7. The van der Waals surface area contributed by atoms with Crippen molar-refractivity contribution in [3.63, 3.8) is 0 Å². The fourth-order valence-electron chi connectivity index (χ4n) is 4.40. The number of carbonyl (C=O) groups excluding carboxylic acids is 1. The van der Waals surface area contributed by atoms with Gasteiger partial charge in [0.05, 0.1) is 6.54 Å². The fourth-order valence-corrected chi connectivity index (χ4v) is 4.40. The van der Waals surface area contributed by atoms with Gasteiger partial charge in [-0.25, -0.2) is 0 Å². The number of carbonyl (C=O) groups is 1. The molecule has 1 saturated heterocycles. The van der Waals surface area contributed by atoms with E-state index in [-0.39, 0.29) is 11.9 Å². The third kappa shape index (κ3) is 3.85. The van der Waals surface area contributed by atoms with Crippen molar-refractivity contribution >= 4 is 11.6 Å². The number of hydrogen-bond donors (Lipinski definition) is 1. The maximum Gasteiger partial charge on any atom is 0.238 e. The molecular formula is C23H28N2O3. The van der Waals surface area contributed by atoms with Crippen LogP contribution < -0.4 is 14.8 Å². The van der Waals surface area contributed by atoms with Gasteiger partial charge < -0.3 is 14.8 Å². The standard InChI is InChI=1S/C23H28N2O3/c1-15-11-16(2)23(17(3)12-15)24-22(26)14-25-8-4-5-19(25)18-6-7-20-21(13-18)28-10-9-27-20/h6-7,11-13,19H,4-5,8-10,14H2,1-3H3,(H,24,26)/t19-/m1/s1. The van der Waals surface area contributed by atoms with Crippen LogP contribution in [-0.4, -0.2) is 37.1 Å². The molecule has 4 rings (SSSR count). The van der Waals surface area contributed by atoms with Crippen LogP contribution in [0.2, 0.25) is 0 Å². The molecular weight excluding hydrogens is 352 g/mol. The molecule has 0 aliphatic carbocycles. The van der Waals surface area contributed by atoms with Crippen LogP contribution >= 0.6 is 0 Å². The Kier molecular flexibility index (Phi) is 5.27. The number of hydrogen-bond acceptors (Lipinski definition) is 4. The third-order valence-corrected chi connectivity index (χ3v) is 5.60. The second-order valence-corrected chi connectivity index (χ2v) is 7.85. The molecule has 0 unspecified atom stereocenters. The molecule has 0 aromatic heterocycles. The molecule has 2 aliphatic heterocycles. The van der Waals surface area contributed by atoms with E-state index in [4.69, 9.17) is 9.47 Å². The Morgan fingerprint density at radius 2 is 1.79 bits per heavy atom. The molecule has 1 N–H and O–H groups in total. The maximum atomic E-state index is 12.8. The summed E-state index contributed by atoms with van der Waals surface area (Å²) in [6.45, 7) is 8.67. The van der Waals surface area contributed by atoms with Crippen molar-refractivity contribution in [3.8, 4) is 11.5 Å². The van der Waals surface area contributed by atoms with Crippen LogP contribution in [0.15, 0.2) is 30.3 Å². The monoisotopic (exact) mass is 380 g/mol. The number of anilines is 1. The van der Waals surface area contributed by atoms with Crippen molar-refractivity contribution in [2.24, 2.45) is 0 Å². The lowest BCUT2D eigenvalue weighted by Crippen LogP contribution is -2.33. The summed E-state index contributed by atoms with van der Waals surface area (Å²) in [6.07, 6.45) is 2.14. The van der Waals surface area contributed by atoms with Gasteiger partial charge in [0.25, 0.3) is 0 Å². The summed E-state index contributed by atoms with van der Waals surface area (Å²) in [6, 6.07) is 10.6. The number of aryl methyl sites for hydroxylation is 3. The Morgan fingerprint density at radius 1 is 1.07 bits per heavy atom. The molecule has 1 amide bonds. The van der Waals surface area contributed by atoms with Crippen LogP contribution in [-0.2, 0) is 4.79 Å². The van der Waals surface area contributed by atoms with E-state index in [0.717, 1.165) is 47.7 Å². The lowest BCUT2D eigenvalue weighted by Gasteiger charge is -2.26. The second-order valence-electron chi connectivity index (χ2n) is 7.85. The minimum atomic E-state index is 0.0412. The van der Waals surface area contributed by atoms with Crippen molar-refractivity contribution in [2.45, 2.75) is 39.7 Å². The number of rotatable bonds is 4. The topological polar surface area (TPSA) is 50.8 Å². The minimum absolute atomic E-state index is 0.0412. The third-order valence-electron chi connectivity index (χ3n) is 5.60. The summed E-state index contributed by atoms with van der Waals surface area (Å²) in [7, 11) is 0. The van der Waals surface area contributed by atoms with E-state index in [1.165, 1.54) is 11.1 Å². The van der Waals surface area contributed by atoms with Gasteiger partial charge in [-0.1, -0.05) is 23.8 Å². The molecule has 2 heterocycles. The Morgan fingerprint density at radius 3 is 2.54 bits per heavy atom. The van der Waals surface area contributed by atoms with Gasteiger partial charge in [-0.05, 0) is 69.0 Å². The molecule has 1 atom stereocenters. The lowest BCUT2D eigenvalue weighted by molar-refractivity contribution is -0.117. The minimum Gasteiger partial charge on any atom is -0.486 e. The van der Waals surface area contributed by atoms with E-state index in [0.29, 0.717) is 19.8 Å². The average molecular weight is 380 g/mol. The molecule has 2 aliphatic rings. The number of likely N-dealkylation sites (tertiary alicyclic amines) is 1. The summed E-state index contributed by atoms with van der Waals surface area (Å²) in [5.41, 5.74) is 5.56. The van der Waals surface area contributed by atoms with Gasteiger partial charge in [0.1, 0.15) is 13.2 Å². The molecule has 5 nitrogen and oxygen atoms in total. The predicted molar refractivity (Wildman–Crippen MR) is 110 cm³/mol. The maximum absolute atomic E-state index is 12.8. The van der Waals surface area contributed by atoms with E-state index in [1.807, 2.05) is 19.9 Å². The van der Waals surface area contributed by atoms with Gasteiger partial charge in [-0.3, -0.25) is 9.69 Å². The highest BCUT2D eigenvalue weighted by atomic mass is 16.6. The van der Waals surface area contributed by atoms with Gasteiger partial charge >= 0.3 is 0 Å². The Bertz CT molecular complexity index is 870. The first-order valence-corrected chi connectivity index (χ1v) is 10.0. The number of nitrogens with zero attached hydrogens (tertiary/aromatic N) is 1. The number of amides is 1. The molecule has 0 spiro atoms. The van der Waals surface area contributed by atoms with E-state index in [9.17, 15) is 4.79 Å². The van der Waals surface area contributed by atoms with Crippen molar-refractivity contribution in [2.75, 3.05) is 31.6 Å². The largest absolute Gasteiger partial charge is 0.486 e. The highest BCUT2D eigenvalue weighted by Crippen LogP contribution is 2.38. The second kappa shape index (κ2) is 7.84. The normalized spacial score (nSPS) is 18.9. The van der Waals surface area contributed by atoms with Crippen LogP contribution in [0, 0.1) is 20.8 Å². The molecule has 0 bridgehead atoms. The summed E-state index contributed by atoms with van der Waals surface area (Å²) < 4.78 is 11.4. The van der Waals surface area contributed by atoms with Gasteiger partial charge in [0.15, 0.2) is 11.5 Å². The zero-order valence-corrected chi connectivity index (χ0v) is 16.9. The van der Waals surface area contributed by atoms with Crippen LogP contribution in [0.1, 0.15) is 41.1 Å². The summed E-state index contributed by atoms with van der Waals surface area (Å²) >= 11 is 0. The van der Waals surface area contributed by atoms with Crippen LogP contribution in [0.4, 0.5) is 5.69 Å². The molecule has 2 aromatic carbocycles. The van der Waals surface area contributed by atoms with E-state index < -0.39 is 0 Å². The number of benzene rings is 2. The molecule has 0 radical (unpaired) electrons. The van der Waals surface area contributed by atoms with Crippen LogP contribution in [0.3, 0.4) is 0 Å². The number of fused-ring (bicyclic) bond motifs is 1. The smallest absolute Gasteiger partial charge is 0.238 e. The summed E-state index contributed by atoms with van der Waals surface area (Å²) in [4.78, 5) is 15.0. The van der Waals surface area contributed by atoms with Gasteiger partial charge in [-0.2, -0.15) is 0 Å². The van der Waals surface area contributed by atoms with Gasteiger partial charge in [0.2, 0.25) is 5.91 Å². The van der Waals surface area contributed by atoms with E-state index in [2.05, 4.69) is 41.4 Å². The molecule has 148 valence electrons. The predicted octanol–water partition coefficient (Wildman–Crippen LogP) is 4.16. The number of nitrogens with one attached hydrogen (secondary N) is 1. The molecule has 28 heavy (non-hydrogen) atoms. The van der Waals surface area contributed by atoms with E-state index >= 15 is 0 Å². The Labute approximate surface area is 166 Å². The molecule has 5 heteroatoms. The Balaban J connectivity index is 1.46.